The smallest absolute Gasteiger partial charge is 0.275 e. The van der Waals surface area contributed by atoms with E-state index in [1.165, 1.54) is 0 Å². The van der Waals surface area contributed by atoms with Crippen molar-refractivity contribution in [3.05, 3.63) is 33.9 Å². The maximum atomic E-state index is 13.4. The molecule has 0 aromatic heterocycles. The molecule has 0 radical (unpaired) electrons. The van der Waals surface area contributed by atoms with Gasteiger partial charge < -0.3 is 10.6 Å². The quantitative estimate of drug-likeness (QED) is 0.633. The fraction of sp³-hybridized carbons (Fsp3) is 0.364. The highest BCUT2D eigenvalue weighted by Crippen LogP contribution is 2.24. The summed E-state index contributed by atoms with van der Waals surface area (Å²) in [5, 5.41) is 15.2. The first-order chi connectivity index (χ1) is 8.81. The van der Waals surface area contributed by atoms with Gasteiger partial charge in [0.15, 0.2) is 11.6 Å². The van der Waals surface area contributed by atoms with Crippen LogP contribution in [0.1, 0.15) is 13.8 Å². The third-order valence-electron chi connectivity index (χ3n) is 2.11. The Bertz CT molecular complexity index is 483. The maximum Gasteiger partial charge on any atom is 0.275 e. The Labute approximate surface area is 108 Å². The number of nitrogens with one attached hydrogen (secondary N) is 2. The molecule has 1 amide bonds. The zero-order valence-electron chi connectivity index (χ0n) is 10.4. The van der Waals surface area contributed by atoms with Crippen molar-refractivity contribution >= 4 is 17.3 Å². The van der Waals surface area contributed by atoms with Crippen LogP contribution in [0.2, 0.25) is 0 Å². The van der Waals surface area contributed by atoms with Crippen LogP contribution >= 0.6 is 0 Å². The van der Waals surface area contributed by atoms with E-state index in [9.17, 15) is 23.7 Å². The van der Waals surface area contributed by atoms with Crippen LogP contribution in [0.15, 0.2) is 12.1 Å². The molecule has 19 heavy (non-hydrogen) atoms. The van der Waals surface area contributed by atoms with Crippen LogP contribution in [0.3, 0.4) is 0 Å². The SMILES string of the molecule is CC(C)NC(=O)CNc1c(F)cc([N+](=O)[O-])cc1F. The summed E-state index contributed by atoms with van der Waals surface area (Å²) in [6, 6.07) is 1.08. The normalized spacial score (nSPS) is 10.4. The Morgan fingerprint density at radius 3 is 2.32 bits per heavy atom. The molecule has 0 saturated carbocycles. The van der Waals surface area contributed by atoms with Crippen molar-refractivity contribution in [2.45, 2.75) is 19.9 Å². The summed E-state index contributed by atoms with van der Waals surface area (Å²) >= 11 is 0. The lowest BCUT2D eigenvalue weighted by Crippen LogP contribution is -2.35. The number of benzene rings is 1. The van der Waals surface area contributed by atoms with Crippen molar-refractivity contribution in [1.82, 2.24) is 5.32 Å². The highest BCUT2D eigenvalue weighted by molar-refractivity contribution is 5.81. The van der Waals surface area contributed by atoms with Gasteiger partial charge in [0.2, 0.25) is 5.91 Å². The summed E-state index contributed by atoms with van der Waals surface area (Å²) < 4.78 is 26.9. The van der Waals surface area contributed by atoms with Crippen molar-refractivity contribution in [2.75, 3.05) is 11.9 Å². The molecule has 104 valence electrons. The Morgan fingerprint density at radius 2 is 1.89 bits per heavy atom. The summed E-state index contributed by atoms with van der Waals surface area (Å²) in [4.78, 5) is 20.8. The van der Waals surface area contributed by atoms with Crippen LogP contribution in [-0.2, 0) is 4.79 Å². The first-order valence-electron chi connectivity index (χ1n) is 5.48. The van der Waals surface area contributed by atoms with Gasteiger partial charge in [0, 0.05) is 6.04 Å². The summed E-state index contributed by atoms with van der Waals surface area (Å²) in [7, 11) is 0. The molecule has 0 unspecified atom stereocenters. The summed E-state index contributed by atoms with van der Waals surface area (Å²) in [6.45, 7) is 3.15. The topological polar surface area (TPSA) is 84.3 Å². The summed E-state index contributed by atoms with van der Waals surface area (Å²) in [6.07, 6.45) is 0. The summed E-state index contributed by atoms with van der Waals surface area (Å²) in [5.74, 6) is -2.68. The van der Waals surface area contributed by atoms with E-state index in [2.05, 4.69) is 10.6 Å². The molecule has 0 bridgehead atoms. The molecule has 8 heteroatoms. The molecular weight excluding hydrogens is 260 g/mol. The lowest BCUT2D eigenvalue weighted by molar-refractivity contribution is -0.385. The third kappa shape index (κ3) is 4.16. The van der Waals surface area contributed by atoms with Crippen molar-refractivity contribution in [3.63, 3.8) is 0 Å². The zero-order chi connectivity index (χ0) is 14.6. The molecule has 0 spiro atoms. The number of amides is 1. The van der Waals surface area contributed by atoms with Crippen LogP contribution in [0.4, 0.5) is 20.2 Å². The van der Waals surface area contributed by atoms with Gasteiger partial charge in [-0.2, -0.15) is 0 Å². The van der Waals surface area contributed by atoms with E-state index in [0.717, 1.165) is 0 Å². The van der Waals surface area contributed by atoms with Crippen LogP contribution in [-0.4, -0.2) is 23.4 Å². The Kier molecular flexibility index (Phi) is 4.74. The monoisotopic (exact) mass is 273 g/mol. The molecule has 1 aromatic rings. The molecule has 0 aliphatic rings. The third-order valence-corrected chi connectivity index (χ3v) is 2.11. The molecule has 0 aliphatic heterocycles. The van der Waals surface area contributed by atoms with Crippen molar-refractivity contribution in [1.29, 1.82) is 0 Å². The Balaban J connectivity index is 2.79. The van der Waals surface area contributed by atoms with Gasteiger partial charge in [-0.25, -0.2) is 8.78 Å². The number of nitrogens with zero attached hydrogens (tertiary/aromatic N) is 1. The predicted octanol–water partition coefficient (Wildman–Crippen LogP) is 1.81. The molecule has 6 nitrogen and oxygen atoms in total. The Hall–Kier alpha value is -2.25. The summed E-state index contributed by atoms with van der Waals surface area (Å²) in [5.41, 5.74) is -1.25. The fourth-order valence-corrected chi connectivity index (χ4v) is 1.38. The van der Waals surface area contributed by atoms with Gasteiger partial charge in [0.1, 0.15) is 5.69 Å². The second kappa shape index (κ2) is 6.07. The van der Waals surface area contributed by atoms with Crippen LogP contribution in [0, 0.1) is 21.7 Å². The largest absolute Gasteiger partial charge is 0.371 e. The minimum atomic E-state index is -1.12. The second-order valence-corrected chi connectivity index (χ2v) is 4.12. The number of anilines is 1. The van der Waals surface area contributed by atoms with Gasteiger partial charge in [0.25, 0.3) is 5.69 Å². The number of hydrogen-bond acceptors (Lipinski definition) is 4. The minimum absolute atomic E-state index is 0.0964. The van der Waals surface area contributed by atoms with E-state index in [-0.39, 0.29) is 12.6 Å². The number of nitro benzene ring substituents is 1. The molecule has 2 N–H and O–H groups in total. The average Bonchev–Trinajstić information content (AvgIpc) is 2.26. The van der Waals surface area contributed by atoms with E-state index in [0.29, 0.717) is 12.1 Å². The Morgan fingerprint density at radius 1 is 1.37 bits per heavy atom. The first kappa shape index (κ1) is 14.8. The van der Waals surface area contributed by atoms with Gasteiger partial charge in [-0.05, 0) is 13.8 Å². The average molecular weight is 273 g/mol. The highest BCUT2D eigenvalue weighted by atomic mass is 19.1. The number of hydrogen-bond donors (Lipinski definition) is 2. The number of nitro groups is 1. The molecule has 0 aliphatic carbocycles. The van der Waals surface area contributed by atoms with Gasteiger partial charge in [0.05, 0.1) is 23.6 Å². The fourth-order valence-electron chi connectivity index (χ4n) is 1.38. The van der Waals surface area contributed by atoms with E-state index in [1.807, 2.05) is 0 Å². The minimum Gasteiger partial charge on any atom is -0.371 e. The number of carbonyl (C=O) groups excluding carboxylic acids is 1. The number of non-ortho nitro benzene ring substituents is 1. The molecular formula is C11H13F2N3O3. The van der Waals surface area contributed by atoms with E-state index >= 15 is 0 Å². The van der Waals surface area contributed by atoms with Gasteiger partial charge >= 0.3 is 0 Å². The van der Waals surface area contributed by atoms with Crippen molar-refractivity contribution in [2.24, 2.45) is 0 Å². The lowest BCUT2D eigenvalue weighted by atomic mass is 10.2. The van der Waals surface area contributed by atoms with Crippen LogP contribution < -0.4 is 10.6 Å². The molecule has 0 heterocycles. The van der Waals surface area contributed by atoms with E-state index in [1.54, 1.807) is 13.8 Å². The lowest BCUT2D eigenvalue weighted by Gasteiger charge is -2.11. The number of carbonyl (C=O) groups is 1. The number of rotatable bonds is 5. The van der Waals surface area contributed by atoms with Crippen molar-refractivity contribution in [3.8, 4) is 0 Å². The molecule has 0 saturated heterocycles. The van der Waals surface area contributed by atoms with Gasteiger partial charge in [-0.3, -0.25) is 14.9 Å². The van der Waals surface area contributed by atoms with E-state index in [4.69, 9.17) is 0 Å². The van der Waals surface area contributed by atoms with Gasteiger partial charge in [-0.1, -0.05) is 0 Å². The molecule has 0 fully saturated rings. The van der Waals surface area contributed by atoms with E-state index < -0.39 is 33.8 Å². The standard InChI is InChI=1S/C11H13F2N3O3/c1-6(2)15-10(17)5-14-11-8(12)3-7(16(18)19)4-9(11)13/h3-4,6,14H,5H2,1-2H3,(H,15,17). The predicted molar refractivity (Wildman–Crippen MR) is 64.8 cm³/mol. The van der Waals surface area contributed by atoms with Crippen molar-refractivity contribution < 1.29 is 18.5 Å². The van der Waals surface area contributed by atoms with Gasteiger partial charge in [-0.15, -0.1) is 0 Å². The molecule has 0 atom stereocenters. The first-order valence-corrected chi connectivity index (χ1v) is 5.48. The molecule has 1 rings (SSSR count). The van der Waals surface area contributed by atoms with Crippen LogP contribution in [0.25, 0.3) is 0 Å². The van der Waals surface area contributed by atoms with Crippen LogP contribution in [0.5, 0.6) is 0 Å². The second-order valence-electron chi connectivity index (χ2n) is 4.12. The number of halogens is 2. The highest BCUT2D eigenvalue weighted by Gasteiger charge is 2.17. The molecule has 1 aromatic carbocycles. The zero-order valence-corrected chi connectivity index (χ0v) is 10.4. The maximum absolute atomic E-state index is 13.4.